The van der Waals surface area contributed by atoms with Gasteiger partial charge >= 0.3 is 6.03 Å². The number of likely N-dealkylation sites (tertiary alicyclic amines) is 1. The highest BCUT2D eigenvalue weighted by Crippen LogP contribution is 2.09. The molecule has 3 N–H and O–H groups in total. The second-order valence-corrected chi connectivity index (χ2v) is 5.03. The summed E-state index contributed by atoms with van der Waals surface area (Å²) in [6.07, 6.45) is 2.04. The fraction of sp³-hybridized carbons (Fsp3) is 0.900. The quantitative estimate of drug-likeness (QED) is 0.609. The number of hydrogen-bond acceptors (Lipinski definition) is 2. The van der Waals surface area contributed by atoms with Gasteiger partial charge in [0.25, 0.3) is 0 Å². The van der Waals surface area contributed by atoms with E-state index in [9.17, 15) is 4.79 Å². The Morgan fingerprint density at radius 2 is 2.14 bits per heavy atom. The molecule has 1 saturated heterocycles. The summed E-state index contributed by atoms with van der Waals surface area (Å²) >= 11 is 0. The molecular weight excluding hydrogens is 178 g/mol. The van der Waals surface area contributed by atoms with Gasteiger partial charge in [0.2, 0.25) is 0 Å². The van der Waals surface area contributed by atoms with Crippen LogP contribution in [0.15, 0.2) is 0 Å². The molecule has 0 saturated carbocycles. The van der Waals surface area contributed by atoms with Gasteiger partial charge in [0, 0.05) is 24.7 Å². The Hall–Kier alpha value is -0.770. The van der Waals surface area contributed by atoms with Gasteiger partial charge in [-0.1, -0.05) is 0 Å². The molecule has 4 heteroatoms. The molecular formula is C10H21N3O. The second kappa shape index (κ2) is 4.17. The minimum atomic E-state index is -0.168. The maximum atomic E-state index is 11.7. The number of carbonyl (C=O) groups excluding carboxylic acids is 1. The van der Waals surface area contributed by atoms with E-state index in [1.807, 2.05) is 20.8 Å². The van der Waals surface area contributed by atoms with Gasteiger partial charge in [-0.3, -0.25) is 0 Å². The Kier molecular flexibility index (Phi) is 3.37. The molecule has 1 aliphatic rings. The van der Waals surface area contributed by atoms with Crippen molar-refractivity contribution < 1.29 is 4.79 Å². The summed E-state index contributed by atoms with van der Waals surface area (Å²) < 4.78 is 0. The molecule has 0 radical (unpaired) electrons. The molecule has 0 bridgehead atoms. The molecule has 1 rings (SSSR count). The minimum absolute atomic E-state index is 0.00708. The molecule has 1 aliphatic heterocycles. The van der Waals surface area contributed by atoms with E-state index >= 15 is 0 Å². The van der Waals surface area contributed by atoms with Crippen molar-refractivity contribution >= 4 is 6.03 Å². The van der Waals surface area contributed by atoms with E-state index < -0.39 is 0 Å². The molecule has 0 unspecified atom stereocenters. The van der Waals surface area contributed by atoms with Gasteiger partial charge in [0.15, 0.2) is 0 Å². The summed E-state index contributed by atoms with van der Waals surface area (Å²) in [4.78, 5) is 13.5. The molecule has 0 aliphatic carbocycles. The Morgan fingerprint density at radius 3 is 2.64 bits per heavy atom. The van der Waals surface area contributed by atoms with Crippen LogP contribution in [0.5, 0.6) is 0 Å². The number of carbonyl (C=O) groups is 1. The van der Waals surface area contributed by atoms with Crippen LogP contribution in [-0.2, 0) is 0 Å². The van der Waals surface area contributed by atoms with Crippen LogP contribution in [0.4, 0.5) is 4.79 Å². The summed E-state index contributed by atoms with van der Waals surface area (Å²) in [5.74, 6) is 0. The highest BCUT2D eigenvalue weighted by atomic mass is 16.2. The molecule has 2 amide bonds. The van der Waals surface area contributed by atoms with Crippen molar-refractivity contribution in [3.63, 3.8) is 0 Å². The van der Waals surface area contributed by atoms with Crippen molar-refractivity contribution in [1.29, 1.82) is 0 Å². The van der Waals surface area contributed by atoms with E-state index in [0.717, 1.165) is 19.4 Å². The standard InChI is InChI=1S/C10H21N3O/c1-10(2,3)12-9(14)13-6-4-5-8(11)7-13/h8H,4-7,11H2,1-3H3,(H,12,14)/t8-/m1/s1. The second-order valence-electron chi connectivity index (χ2n) is 5.03. The van der Waals surface area contributed by atoms with Crippen LogP contribution in [0.2, 0.25) is 0 Å². The fourth-order valence-corrected chi connectivity index (χ4v) is 1.59. The maximum Gasteiger partial charge on any atom is 0.317 e. The monoisotopic (exact) mass is 199 g/mol. The molecule has 0 spiro atoms. The van der Waals surface area contributed by atoms with Gasteiger partial charge < -0.3 is 16.0 Å². The van der Waals surface area contributed by atoms with Crippen molar-refractivity contribution in [2.24, 2.45) is 5.73 Å². The highest BCUT2D eigenvalue weighted by molar-refractivity contribution is 5.75. The third-order valence-electron chi connectivity index (χ3n) is 2.23. The van der Waals surface area contributed by atoms with Crippen LogP contribution in [0.1, 0.15) is 33.6 Å². The van der Waals surface area contributed by atoms with E-state index in [4.69, 9.17) is 5.73 Å². The van der Waals surface area contributed by atoms with Crippen molar-refractivity contribution in [3.8, 4) is 0 Å². The van der Waals surface area contributed by atoms with E-state index in [1.165, 1.54) is 0 Å². The molecule has 82 valence electrons. The summed E-state index contributed by atoms with van der Waals surface area (Å²) in [6, 6.07) is 0.155. The first-order chi connectivity index (χ1) is 6.38. The fourth-order valence-electron chi connectivity index (χ4n) is 1.59. The Balaban J connectivity index is 2.44. The van der Waals surface area contributed by atoms with Crippen LogP contribution in [0.3, 0.4) is 0 Å². The van der Waals surface area contributed by atoms with Gasteiger partial charge in [-0.15, -0.1) is 0 Å². The normalized spacial score (nSPS) is 23.4. The number of urea groups is 1. The van der Waals surface area contributed by atoms with E-state index in [2.05, 4.69) is 5.32 Å². The summed E-state index contributed by atoms with van der Waals surface area (Å²) in [6.45, 7) is 7.45. The largest absolute Gasteiger partial charge is 0.333 e. The zero-order valence-electron chi connectivity index (χ0n) is 9.34. The number of nitrogens with zero attached hydrogens (tertiary/aromatic N) is 1. The van der Waals surface area contributed by atoms with E-state index in [1.54, 1.807) is 4.90 Å². The van der Waals surface area contributed by atoms with Crippen LogP contribution in [0, 0.1) is 0 Å². The van der Waals surface area contributed by atoms with Gasteiger partial charge in [-0.2, -0.15) is 0 Å². The molecule has 0 aromatic rings. The average molecular weight is 199 g/mol. The topological polar surface area (TPSA) is 58.4 Å². The number of nitrogens with one attached hydrogen (secondary N) is 1. The number of nitrogens with two attached hydrogens (primary N) is 1. The van der Waals surface area contributed by atoms with Crippen molar-refractivity contribution in [2.45, 2.75) is 45.2 Å². The third-order valence-corrected chi connectivity index (χ3v) is 2.23. The van der Waals surface area contributed by atoms with Gasteiger partial charge in [0.05, 0.1) is 0 Å². The highest BCUT2D eigenvalue weighted by Gasteiger charge is 2.23. The van der Waals surface area contributed by atoms with E-state index in [-0.39, 0.29) is 17.6 Å². The SMILES string of the molecule is CC(C)(C)NC(=O)N1CCC[C@@H](N)C1. The maximum absolute atomic E-state index is 11.7. The summed E-state index contributed by atoms with van der Waals surface area (Å²) in [5.41, 5.74) is 5.64. The first-order valence-corrected chi connectivity index (χ1v) is 5.21. The minimum Gasteiger partial charge on any atom is -0.333 e. The smallest absolute Gasteiger partial charge is 0.317 e. The lowest BCUT2D eigenvalue weighted by Crippen LogP contribution is -2.53. The predicted molar refractivity (Wildman–Crippen MR) is 57.1 cm³/mol. The Labute approximate surface area is 85.8 Å². The van der Waals surface area contributed by atoms with Crippen LogP contribution >= 0.6 is 0 Å². The molecule has 1 fully saturated rings. The van der Waals surface area contributed by atoms with Crippen molar-refractivity contribution in [3.05, 3.63) is 0 Å². The first-order valence-electron chi connectivity index (χ1n) is 5.21. The summed E-state index contributed by atoms with van der Waals surface area (Å²) in [7, 11) is 0. The lowest BCUT2D eigenvalue weighted by molar-refractivity contribution is 0.172. The zero-order valence-corrected chi connectivity index (χ0v) is 9.34. The zero-order chi connectivity index (χ0) is 10.8. The molecule has 1 heterocycles. The van der Waals surface area contributed by atoms with Crippen LogP contribution in [0.25, 0.3) is 0 Å². The predicted octanol–water partition coefficient (Wildman–Crippen LogP) is 0.918. The molecule has 4 nitrogen and oxygen atoms in total. The van der Waals surface area contributed by atoms with Gasteiger partial charge in [-0.05, 0) is 33.6 Å². The third kappa shape index (κ3) is 3.54. The number of hydrogen-bond donors (Lipinski definition) is 2. The van der Waals surface area contributed by atoms with Crippen molar-refractivity contribution in [2.75, 3.05) is 13.1 Å². The number of amides is 2. The molecule has 14 heavy (non-hydrogen) atoms. The van der Waals surface area contributed by atoms with E-state index in [0.29, 0.717) is 6.54 Å². The number of rotatable bonds is 0. The van der Waals surface area contributed by atoms with Crippen molar-refractivity contribution in [1.82, 2.24) is 10.2 Å². The molecule has 0 aromatic carbocycles. The first kappa shape index (κ1) is 11.3. The van der Waals surface area contributed by atoms with Crippen LogP contribution < -0.4 is 11.1 Å². The Morgan fingerprint density at radius 1 is 1.50 bits per heavy atom. The van der Waals surface area contributed by atoms with Crippen LogP contribution in [-0.4, -0.2) is 35.6 Å². The molecule has 1 atom stereocenters. The lowest BCUT2D eigenvalue weighted by Gasteiger charge is -2.33. The Bertz CT molecular complexity index is 210. The molecule has 0 aromatic heterocycles. The van der Waals surface area contributed by atoms with Gasteiger partial charge in [0.1, 0.15) is 0 Å². The average Bonchev–Trinajstić information content (AvgIpc) is 2.01. The number of piperidine rings is 1. The van der Waals surface area contributed by atoms with Gasteiger partial charge in [-0.25, -0.2) is 4.79 Å². The summed E-state index contributed by atoms with van der Waals surface area (Å²) in [5, 5.41) is 2.94. The lowest BCUT2D eigenvalue weighted by atomic mass is 10.1.